The summed E-state index contributed by atoms with van der Waals surface area (Å²) in [6.07, 6.45) is 1.67. The van der Waals surface area contributed by atoms with Gasteiger partial charge in [0.15, 0.2) is 21.0 Å². The summed E-state index contributed by atoms with van der Waals surface area (Å²) in [5.74, 6) is -0.484. The van der Waals surface area contributed by atoms with Gasteiger partial charge in [-0.3, -0.25) is 18.7 Å². The third-order valence-electron chi connectivity index (χ3n) is 4.48. The number of aromatic nitrogens is 4. The molecule has 0 aromatic carbocycles. The molecule has 3 rings (SSSR count). The van der Waals surface area contributed by atoms with Gasteiger partial charge in [-0.15, -0.1) is 0 Å². The Morgan fingerprint density at radius 2 is 2.00 bits per heavy atom. The number of carbonyl (C=O) groups excluding carboxylic acids is 1. The van der Waals surface area contributed by atoms with Crippen LogP contribution < -0.4 is 16.6 Å². The highest BCUT2D eigenvalue weighted by Gasteiger charge is 2.39. The zero-order chi connectivity index (χ0) is 18.6. The normalized spacial score (nSPS) is 22.4. The Morgan fingerprint density at radius 3 is 2.60 bits per heavy atom. The Morgan fingerprint density at radius 1 is 1.32 bits per heavy atom. The van der Waals surface area contributed by atoms with Gasteiger partial charge in [0.1, 0.15) is 6.54 Å². The van der Waals surface area contributed by atoms with E-state index in [1.807, 2.05) is 0 Å². The van der Waals surface area contributed by atoms with E-state index in [0.29, 0.717) is 6.42 Å². The minimum atomic E-state index is -3.14. The first-order chi connectivity index (χ1) is 11.5. The van der Waals surface area contributed by atoms with Crippen molar-refractivity contribution in [2.24, 2.45) is 14.1 Å². The number of aryl methyl sites for hydroxylation is 1. The SMILES string of the molecule is Cn1c(=O)c2c(ncn2CC(=O)NC2(C)CCS(=O)(=O)C2)n(C)c1=O. The minimum absolute atomic E-state index is 0.0421. The summed E-state index contributed by atoms with van der Waals surface area (Å²) in [5, 5.41) is 2.73. The highest BCUT2D eigenvalue weighted by atomic mass is 32.2. The number of nitrogens with zero attached hydrogens (tertiary/aromatic N) is 4. The first-order valence-corrected chi connectivity index (χ1v) is 9.47. The van der Waals surface area contributed by atoms with Crippen LogP contribution in [-0.2, 0) is 35.3 Å². The molecule has 3 heterocycles. The number of carbonyl (C=O) groups is 1. The van der Waals surface area contributed by atoms with Gasteiger partial charge >= 0.3 is 5.69 Å². The molecule has 1 aliphatic rings. The quantitative estimate of drug-likeness (QED) is 0.675. The van der Waals surface area contributed by atoms with Crippen LogP contribution in [0.3, 0.4) is 0 Å². The third-order valence-corrected chi connectivity index (χ3v) is 6.38. The fourth-order valence-corrected chi connectivity index (χ4v) is 5.25. The van der Waals surface area contributed by atoms with E-state index >= 15 is 0 Å². The zero-order valence-corrected chi connectivity index (χ0v) is 15.0. The summed E-state index contributed by atoms with van der Waals surface area (Å²) in [6.45, 7) is 1.49. The maximum absolute atomic E-state index is 12.3. The van der Waals surface area contributed by atoms with Gasteiger partial charge in [0, 0.05) is 14.1 Å². The number of rotatable bonds is 3. The van der Waals surface area contributed by atoms with Crippen LogP contribution in [-0.4, -0.2) is 50.1 Å². The number of sulfone groups is 1. The smallest absolute Gasteiger partial charge is 0.332 e. The lowest BCUT2D eigenvalue weighted by atomic mass is 10.0. The van der Waals surface area contributed by atoms with Crippen molar-refractivity contribution in [1.29, 1.82) is 0 Å². The Bertz CT molecular complexity index is 1090. The topological polar surface area (TPSA) is 125 Å². The van der Waals surface area contributed by atoms with Crippen LogP contribution in [0.1, 0.15) is 13.3 Å². The molecule has 1 unspecified atom stereocenters. The molecule has 2 aromatic heterocycles. The average molecular weight is 369 g/mol. The van der Waals surface area contributed by atoms with E-state index in [2.05, 4.69) is 10.3 Å². The Hall–Kier alpha value is -2.43. The van der Waals surface area contributed by atoms with Gasteiger partial charge in [0.2, 0.25) is 5.91 Å². The summed E-state index contributed by atoms with van der Waals surface area (Å²) < 4.78 is 26.8. The number of imidazole rings is 1. The molecule has 0 radical (unpaired) electrons. The summed E-state index contributed by atoms with van der Waals surface area (Å²) in [7, 11) is -0.299. The van der Waals surface area contributed by atoms with Gasteiger partial charge in [-0.2, -0.15) is 0 Å². The number of amides is 1. The molecule has 1 atom stereocenters. The predicted octanol–water partition coefficient (Wildman–Crippen LogP) is -1.87. The van der Waals surface area contributed by atoms with E-state index in [1.54, 1.807) is 6.92 Å². The monoisotopic (exact) mass is 369 g/mol. The van der Waals surface area contributed by atoms with Crippen molar-refractivity contribution >= 4 is 26.9 Å². The number of nitrogens with one attached hydrogen (secondary N) is 1. The van der Waals surface area contributed by atoms with Gasteiger partial charge in [0.25, 0.3) is 5.56 Å². The number of hydrogen-bond donors (Lipinski definition) is 1. The van der Waals surface area contributed by atoms with Gasteiger partial charge in [-0.1, -0.05) is 0 Å². The van der Waals surface area contributed by atoms with Crippen LogP contribution >= 0.6 is 0 Å². The highest BCUT2D eigenvalue weighted by Crippen LogP contribution is 2.22. The van der Waals surface area contributed by atoms with E-state index < -0.39 is 32.5 Å². The van der Waals surface area contributed by atoms with Crippen LogP contribution in [0, 0.1) is 0 Å². The highest BCUT2D eigenvalue weighted by molar-refractivity contribution is 7.91. The van der Waals surface area contributed by atoms with Crippen molar-refractivity contribution in [2.75, 3.05) is 11.5 Å². The van der Waals surface area contributed by atoms with Crippen LogP contribution in [0.25, 0.3) is 11.2 Å². The lowest BCUT2D eigenvalue weighted by molar-refractivity contribution is -0.123. The fraction of sp³-hybridized carbons (Fsp3) is 0.571. The van der Waals surface area contributed by atoms with E-state index in [0.717, 1.165) is 4.57 Å². The Balaban J connectivity index is 1.91. The molecule has 0 spiro atoms. The minimum Gasteiger partial charge on any atom is -0.348 e. The molecule has 136 valence electrons. The van der Waals surface area contributed by atoms with E-state index in [1.165, 1.54) is 29.6 Å². The summed E-state index contributed by atoms with van der Waals surface area (Å²) in [6, 6.07) is 0. The second-order valence-electron chi connectivity index (χ2n) is 6.70. The molecule has 1 saturated heterocycles. The standard InChI is InChI=1S/C14H19N5O5S/c1-14(4-5-25(23,24)7-14)16-9(20)6-19-8-15-11-10(19)12(21)18(3)13(22)17(11)2/h8H,4-7H2,1-3H3,(H,16,20). The van der Waals surface area contributed by atoms with Gasteiger partial charge in [-0.25, -0.2) is 18.2 Å². The Kier molecular flexibility index (Phi) is 3.86. The van der Waals surface area contributed by atoms with Crippen LogP contribution in [0.5, 0.6) is 0 Å². The molecule has 1 aliphatic heterocycles. The molecule has 1 amide bonds. The molecule has 10 nitrogen and oxygen atoms in total. The molecular weight excluding hydrogens is 350 g/mol. The third kappa shape index (κ3) is 2.99. The van der Waals surface area contributed by atoms with Gasteiger partial charge in [-0.05, 0) is 13.3 Å². The van der Waals surface area contributed by atoms with Crippen molar-refractivity contribution in [3.8, 4) is 0 Å². The van der Waals surface area contributed by atoms with Crippen molar-refractivity contribution in [3.05, 3.63) is 27.2 Å². The molecular formula is C14H19N5O5S. The summed E-state index contributed by atoms with van der Waals surface area (Å²) >= 11 is 0. The van der Waals surface area contributed by atoms with E-state index in [4.69, 9.17) is 0 Å². The van der Waals surface area contributed by atoms with Crippen molar-refractivity contribution < 1.29 is 13.2 Å². The molecule has 1 N–H and O–H groups in total. The first-order valence-electron chi connectivity index (χ1n) is 7.65. The van der Waals surface area contributed by atoms with Gasteiger partial charge in [0.05, 0.1) is 23.4 Å². The first kappa shape index (κ1) is 17.4. The molecule has 25 heavy (non-hydrogen) atoms. The zero-order valence-electron chi connectivity index (χ0n) is 14.1. The lowest BCUT2D eigenvalue weighted by Gasteiger charge is -2.24. The Labute approximate surface area is 143 Å². The maximum atomic E-state index is 12.3. The molecule has 2 aromatic rings. The summed E-state index contributed by atoms with van der Waals surface area (Å²) in [4.78, 5) is 40.6. The predicted molar refractivity (Wildman–Crippen MR) is 90.0 cm³/mol. The van der Waals surface area contributed by atoms with Crippen LogP contribution in [0.15, 0.2) is 15.9 Å². The lowest BCUT2D eigenvalue weighted by Crippen LogP contribution is -2.48. The number of hydrogen-bond acceptors (Lipinski definition) is 6. The molecule has 0 bridgehead atoms. The second kappa shape index (κ2) is 5.55. The fourth-order valence-electron chi connectivity index (χ4n) is 3.16. The molecule has 11 heteroatoms. The van der Waals surface area contributed by atoms with Crippen LogP contribution in [0.4, 0.5) is 0 Å². The largest absolute Gasteiger partial charge is 0.348 e. The number of fused-ring (bicyclic) bond motifs is 1. The van der Waals surface area contributed by atoms with E-state index in [9.17, 15) is 22.8 Å². The van der Waals surface area contributed by atoms with Crippen molar-refractivity contribution in [2.45, 2.75) is 25.4 Å². The molecule has 1 fully saturated rings. The average Bonchev–Trinajstić information content (AvgIpc) is 3.03. The second-order valence-corrected chi connectivity index (χ2v) is 8.89. The maximum Gasteiger partial charge on any atom is 0.332 e. The molecule has 0 aliphatic carbocycles. The van der Waals surface area contributed by atoms with E-state index in [-0.39, 0.29) is 29.2 Å². The molecule has 0 saturated carbocycles. The summed E-state index contributed by atoms with van der Waals surface area (Å²) in [5.41, 5.74) is -1.53. The van der Waals surface area contributed by atoms with Gasteiger partial charge < -0.3 is 9.88 Å². The van der Waals surface area contributed by atoms with Crippen molar-refractivity contribution in [1.82, 2.24) is 24.0 Å². The van der Waals surface area contributed by atoms with Crippen LogP contribution in [0.2, 0.25) is 0 Å². The van der Waals surface area contributed by atoms with Crippen molar-refractivity contribution in [3.63, 3.8) is 0 Å².